The van der Waals surface area contributed by atoms with Crippen LogP contribution >= 0.6 is 35.4 Å². The molecule has 0 radical (unpaired) electrons. The second-order valence-corrected chi connectivity index (χ2v) is 12.9. The molecule has 7 rings (SSSR count). The predicted octanol–water partition coefficient (Wildman–Crippen LogP) is 7.45. The first kappa shape index (κ1) is 32.8. The summed E-state index contributed by atoms with van der Waals surface area (Å²) in [4.78, 5) is 51.4. The van der Waals surface area contributed by atoms with Crippen LogP contribution in [-0.2, 0) is 9.59 Å². The van der Waals surface area contributed by atoms with Gasteiger partial charge < -0.3 is 15.2 Å². The normalized spacial score (nSPS) is 18.8. The minimum atomic E-state index is -2.01. The fourth-order valence-corrected chi connectivity index (χ4v) is 7.21. The zero-order valence-corrected chi connectivity index (χ0v) is 27.7. The molecule has 2 unspecified atom stereocenters. The molecular formula is C35H21Cl2N5O7S. The van der Waals surface area contributed by atoms with E-state index in [0.29, 0.717) is 43.4 Å². The van der Waals surface area contributed by atoms with Crippen molar-refractivity contribution in [2.24, 2.45) is 5.41 Å². The Morgan fingerprint density at radius 1 is 0.740 bits per heavy atom. The van der Waals surface area contributed by atoms with Crippen LogP contribution in [0.5, 0.6) is 0 Å². The van der Waals surface area contributed by atoms with Gasteiger partial charge in [0.05, 0.1) is 9.85 Å². The topological polar surface area (TPSA) is 171 Å². The Morgan fingerprint density at radius 3 is 1.72 bits per heavy atom. The van der Waals surface area contributed by atoms with Crippen molar-refractivity contribution in [3.8, 4) is 11.3 Å². The van der Waals surface area contributed by atoms with E-state index in [-0.39, 0.29) is 27.9 Å². The summed E-state index contributed by atoms with van der Waals surface area (Å²) in [6.45, 7) is 0. The number of fused-ring (bicyclic) bond motifs is 1. The Bertz CT molecular complexity index is 2230. The third kappa shape index (κ3) is 5.41. The molecule has 2 aliphatic rings. The number of nitrogens with one attached hydrogen (secondary N) is 2. The van der Waals surface area contributed by atoms with Gasteiger partial charge in [-0.05, 0) is 89.1 Å². The van der Waals surface area contributed by atoms with Crippen LogP contribution in [-0.4, -0.2) is 31.9 Å². The Hall–Kier alpha value is -5.76. The SMILES string of the molecule is O=C1NC(=S)NC(=O)C12C(c1ccc(Cl)cc1)/C(=C/c1ccc([N+](=O)[O-])cc1)c1noc(-c3ccc([N+](=O)[O-])cc3)c1C2c1ccc(Cl)cc1. The van der Waals surface area contributed by atoms with Crippen LogP contribution in [0.3, 0.4) is 0 Å². The molecule has 1 spiro atoms. The van der Waals surface area contributed by atoms with E-state index in [1.54, 1.807) is 54.6 Å². The minimum absolute atomic E-state index is 0.133. The van der Waals surface area contributed by atoms with E-state index in [9.17, 15) is 29.8 Å². The van der Waals surface area contributed by atoms with Gasteiger partial charge in [-0.1, -0.05) is 52.6 Å². The smallest absolute Gasteiger partial charge is 0.269 e. The number of rotatable bonds is 6. The number of benzene rings is 4. The molecule has 2 amide bonds. The summed E-state index contributed by atoms with van der Waals surface area (Å²) < 4.78 is 6.04. The standard InChI is InChI=1S/C35H21Cl2N5O7S/c36-22-9-3-19(4-10-22)28-26(17-18-1-13-24(14-2-18)41(45)46)30-27(31(49-40-30)21-7-15-25(16-8-21)42(47)48)29(20-5-11-23(37)12-6-20)35(28)32(43)38-34(50)39-33(35)44/h1-17,28-29H,(H2,38,39,43,44,50)/b26-17-. The van der Waals surface area contributed by atoms with Crippen LogP contribution in [0.2, 0.25) is 10.0 Å². The highest BCUT2D eigenvalue weighted by atomic mass is 35.5. The van der Waals surface area contributed by atoms with Crippen molar-refractivity contribution >= 4 is 75.4 Å². The van der Waals surface area contributed by atoms with Crippen LogP contribution in [0.15, 0.2) is 102 Å². The van der Waals surface area contributed by atoms with E-state index in [4.69, 9.17) is 39.9 Å². The zero-order valence-electron chi connectivity index (χ0n) is 25.3. The van der Waals surface area contributed by atoms with Crippen LogP contribution < -0.4 is 10.6 Å². The van der Waals surface area contributed by atoms with Crippen molar-refractivity contribution in [3.63, 3.8) is 0 Å². The Morgan fingerprint density at radius 2 is 1.22 bits per heavy atom. The Labute approximate surface area is 298 Å². The third-order valence-electron chi connectivity index (χ3n) is 8.89. The molecule has 1 saturated heterocycles. The van der Waals surface area contributed by atoms with Crippen LogP contribution in [0, 0.1) is 25.6 Å². The van der Waals surface area contributed by atoms with Crippen LogP contribution in [0.1, 0.15) is 39.8 Å². The molecule has 0 saturated carbocycles. The fraction of sp³-hybridized carbons (Fsp3) is 0.0857. The van der Waals surface area contributed by atoms with Gasteiger partial charge in [0.2, 0.25) is 11.8 Å². The van der Waals surface area contributed by atoms with E-state index in [1.807, 2.05) is 0 Å². The molecule has 5 aromatic rings. The number of nitro benzene ring substituents is 2. The maximum Gasteiger partial charge on any atom is 0.269 e. The third-order valence-corrected chi connectivity index (χ3v) is 9.60. The molecule has 15 heteroatoms. The summed E-state index contributed by atoms with van der Waals surface area (Å²) >= 11 is 17.9. The van der Waals surface area contributed by atoms with Crippen molar-refractivity contribution < 1.29 is 24.0 Å². The highest BCUT2D eigenvalue weighted by molar-refractivity contribution is 7.80. The van der Waals surface area contributed by atoms with Gasteiger partial charge in [0.25, 0.3) is 11.4 Å². The fourth-order valence-electron chi connectivity index (χ4n) is 6.77. The molecular weight excluding hydrogens is 705 g/mol. The number of hydrogen-bond donors (Lipinski definition) is 2. The van der Waals surface area contributed by atoms with Crippen molar-refractivity contribution in [2.75, 3.05) is 0 Å². The van der Waals surface area contributed by atoms with Gasteiger partial charge >= 0.3 is 0 Å². The second kappa shape index (κ2) is 12.6. The van der Waals surface area contributed by atoms with Gasteiger partial charge in [0.15, 0.2) is 16.3 Å². The Kier molecular flexibility index (Phi) is 8.26. The first-order chi connectivity index (χ1) is 24.0. The lowest BCUT2D eigenvalue weighted by Crippen LogP contribution is -2.67. The molecule has 248 valence electrons. The first-order valence-electron chi connectivity index (χ1n) is 14.9. The molecule has 2 N–H and O–H groups in total. The number of carbonyl (C=O) groups excluding carboxylic acids is 2. The molecule has 2 heterocycles. The van der Waals surface area contributed by atoms with Crippen molar-refractivity contribution in [2.45, 2.75) is 11.8 Å². The lowest BCUT2D eigenvalue weighted by Gasteiger charge is -2.49. The lowest BCUT2D eigenvalue weighted by atomic mass is 9.52. The maximum atomic E-state index is 14.8. The first-order valence-corrected chi connectivity index (χ1v) is 16.0. The van der Waals surface area contributed by atoms with Gasteiger partial charge in [-0.2, -0.15) is 0 Å². The molecule has 50 heavy (non-hydrogen) atoms. The number of amides is 2. The van der Waals surface area contributed by atoms with Gasteiger partial charge in [0, 0.05) is 57.3 Å². The highest BCUT2D eigenvalue weighted by Gasteiger charge is 2.66. The van der Waals surface area contributed by atoms with Gasteiger partial charge in [0.1, 0.15) is 5.69 Å². The molecule has 0 bridgehead atoms. The molecule has 12 nitrogen and oxygen atoms in total. The minimum Gasteiger partial charge on any atom is -0.355 e. The molecule has 4 aromatic carbocycles. The predicted molar refractivity (Wildman–Crippen MR) is 188 cm³/mol. The lowest BCUT2D eigenvalue weighted by molar-refractivity contribution is -0.385. The monoisotopic (exact) mass is 725 g/mol. The quantitative estimate of drug-likeness (QED) is 0.0781. The van der Waals surface area contributed by atoms with Crippen molar-refractivity contribution in [1.82, 2.24) is 15.8 Å². The van der Waals surface area contributed by atoms with Crippen molar-refractivity contribution in [3.05, 3.63) is 155 Å². The molecule has 1 fully saturated rings. The van der Waals surface area contributed by atoms with E-state index < -0.39 is 38.9 Å². The summed E-state index contributed by atoms with van der Waals surface area (Å²) in [6, 6.07) is 24.7. The average molecular weight is 727 g/mol. The summed E-state index contributed by atoms with van der Waals surface area (Å²) in [7, 11) is 0. The number of halogens is 2. The Balaban J connectivity index is 1.61. The largest absolute Gasteiger partial charge is 0.355 e. The number of non-ortho nitro benzene ring substituents is 2. The molecule has 1 aliphatic carbocycles. The summed E-state index contributed by atoms with van der Waals surface area (Å²) in [5, 5.41) is 33.4. The zero-order chi connectivity index (χ0) is 35.3. The number of aromatic nitrogens is 1. The number of nitro groups is 2. The van der Waals surface area contributed by atoms with E-state index >= 15 is 0 Å². The number of carbonyl (C=O) groups is 2. The van der Waals surface area contributed by atoms with Gasteiger partial charge in [-0.15, -0.1) is 0 Å². The number of allylic oxidation sites excluding steroid dienone is 1. The number of nitrogens with zero attached hydrogens (tertiary/aromatic N) is 3. The second-order valence-electron chi connectivity index (χ2n) is 11.6. The van der Waals surface area contributed by atoms with Crippen LogP contribution in [0.25, 0.3) is 23.0 Å². The number of thiocarbonyl (C=S) groups is 1. The van der Waals surface area contributed by atoms with Gasteiger partial charge in [-0.3, -0.25) is 29.8 Å². The molecule has 1 aromatic heterocycles. The van der Waals surface area contributed by atoms with E-state index in [0.717, 1.165) is 0 Å². The molecule has 1 aliphatic heterocycles. The molecule has 2 atom stereocenters. The maximum absolute atomic E-state index is 14.8. The summed E-state index contributed by atoms with van der Waals surface area (Å²) in [5.41, 5.74) is 0.627. The van der Waals surface area contributed by atoms with Gasteiger partial charge in [-0.25, -0.2) is 0 Å². The van der Waals surface area contributed by atoms with E-state index in [1.165, 1.54) is 48.5 Å². The summed E-state index contributed by atoms with van der Waals surface area (Å²) in [5.74, 6) is -3.42. The highest BCUT2D eigenvalue weighted by Crippen LogP contribution is 2.63. The number of hydrogen-bond acceptors (Lipinski definition) is 9. The van der Waals surface area contributed by atoms with E-state index in [2.05, 4.69) is 15.8 Å². The summed E-state index contributed by atoms with van der Waals surface area (Å²) in [6.07, 6.45) is 1.69. The average Bonchev–Trinajstić information content (AvgIpc) is 3.53. The van der Waals surface area contributed by atoms with Crippen molar-refractivity contribution in [1.29, 1.82) is 0 Å². The van der Waals surface area contributed by atoms with Crippen LogP contribution in [0.4, 0.5) is 11.4 Å².